The molecule has 4 heteroatoms. The topological polar surface area (TPSA) is 26.3 Å². The number of rotatable bonds is 7. The molecule has 0 spiro atoms. The highest BCUT2D eigenvalue weighted by Crippen LogP contribution is 2.22. The highest BCUT2D eigenvalue weighted by molar-refractivity contribution is 5.65. The zero-order valence-electron chi connectivity index (χ0n) is 8.82. The van der Waals surface area contributed by atoms with Crippen molar-refractivity contribution in [1.29, 1.82) is 0 Å². The molecule has 0 aromatic carbocycles. The van der Waals surface area contributed by atoms with Crippen LogP contribution in [0.15, 0.2) is 0 Å². The van der Waals surface area contributed by atoms with Gasteiger partial charge in [0.15, 0.2) is 6.61 Å². The van der Waals surface area contributed by atoms with Gasteiger partial charge in [0.05, 0.1) is 0 Å². The summed E-state index contributed by atoms with van der Waals surface area (Å²) in [7, 11) is 0. The van der Waals surface area contributed by atoms with Crippen molar-refractivity contribution in [3.05, 3.63) is 0 Å². The van der Waals surface area contributed by atoms with E-state index >= 15 is 0 Å². The van der Waals surface area contributed by atoms with Crippen LogP contribution in [-0.2, 0) is 9.53 Å². The normalized spacial score (nSPS) is 11.4. The van der Waals surface area contributed by atoms with Crippen molar-refractivity contribution in [3.63, 3.8) is 0 Å². The lowest BCUT2D eigenvalue weighted by Gasteiger charge is -2.15. The Bertz CT molecular complexity index is 170. The number of carbonyl (C=O) groups excluding carboxylic acids is 1. The Kier molecular flexibility index (Phi) is 6.41. The first kappa shape index (κ1) is 13.3. The molecule has 0 atom stereocenters. The second-order valence-corrected chi connectivity index (χ2v) is 3.45. The van der Waals surface area contributed by atoms with Gasteiger partial charge in [-0.1, -0.05) is 26.2 Å². The van der Waals surface area contributed by atoms with E-state index in [9.17, 15) is 13.6 Å². The SMILES string of the molecule is CCCCCCC(F)(F)COC(C)=O. The Morgan fingerprint density at radius 2 is 1.93 bits per heavy atom. The van der Waals surface area contributed by atoms with Gasteiger partial charge in [0, 0.05) is 13.3 Å². The zero-order chi connectivity index (χ0) is 11.0. The average molecular weight is 208 g/mol. The van der Waals surface area contributed by atoms with Crippen molar-refractivity contribution in [3.8, 4) is 0 Å². The lowest BCUT2D eigenvalue weighted by molar-refractivity contribution is -0.153. The predicted molar refractivity (Wildman–Crippen MR) is 50.3 cm³/mol. The Balaban J connectivity index is 3.55. The molecule has 0 saturated heterocycles. The van der Waals surface area contributed by atoms with Gasteiger partial charge in [-0.15, -0.1) is 0 Å². The lowest BCUT2D eigenvalue weighted by atomic mass is 10.1. The maximum absolute atomic E-state index is 12.9. The minimum Gasteiger partial charge on any atom is -0.459 e. The first-order valence-electron chi connectivity index (χ1n) is 4.99. The van der Waals surface area contributed by atoms with Crippen molar-refractivity contribution < 1.29 is 18.3 Å². The zero-order valence-corrected chi connectivity index (χ0v) is 8.82. The van der Waals surface area contributed by atoms with E-state index in [4.69, 9.17) is 0 Å². The maximum Gasteiger partial charge on any atom is 0.302 e. The molecule has 0 radical (unpaired) electrons. The standard InChI is InChI=1S/C10H18F2O2/c1-3-4-5-6-7-10(11,12)8-14-9(2)13/h3-8H2,1-2H3. The maximum atomic E-state index is 12.9. The van der Waals surface area contributed by atoms with E-state index in [1.165, 1.54) is 0 Å². The molecule has 0 aromatic rings. The van der Waals surface area contributed by atoms with E-state index in [1.807, 2.05) is 6.92 Å². The Morgan fingerprint density at radius 3 is 2.43 bits per heavy atom. The first-order valence-corrected chi connectivity index (χ1v) is 4.99. The molecule has 0 N–H and O–H groups in total. The van der Waals surface area contributed by atoms with E-state index in [0.717, 1.165) is 26.2 Å². The minimum absolute atomic E-state index is 0.194. The van der Waals surface area contributed by atoms with Crippen molar-refractivity contribution >= 4 is 5.97 Å². The summed E-state index contributed by atoms with van der Waals surface area (Å²) in [4.78, 5) is 10.3. The average Bonchev–Trinajstić information content (AvgIpc) is 2.10. The van der Waals surface area contributed by atoms with Crippen LogP contribution in [0.4, 0.5) is 8.78 Å². The third kappa shape index (κ3) is 7.95. The number of esters is 1. The van der Waals surface area contributed by atoms with Gasteiger partial charge >= 0.3 is 5.97 Å². The third-order valence-electron chi connectivity index (χ3n) is 1.88. The fourth-order valence-electron chi connectivity index (χ4n) is 1.09. The quantitative estimate of drug-likeness (QED) is 0.474. The highest BCUT2D eigenvalue weighted by atomic mass is 19.3. The number of unbranched alkanes of at least 4 members (excludes halogenated alkanes) is 3. The van der Waals surface area contributed by atoms with E-state index < -0.39 is 18.5 Å². The Labute approximate surface area is 83.6 Å². The minimum atomic E-state index is -2.86. The van der Waals surface area contributed by atoms with Crippen LogP contribution in [0.2, 0.25) is 0 Å². The molecule has 0 saturated carbocycles. The molecule has 0 aromatic heterocycles. The van der Waals surface area contributed by atoms with Crippen LogP contribution in [0.1, 0.15) is 46.0 Å². The third-order valence-corrected chi connectivity index (χ3v) is 1.88. The van der Waals surface area contributed by atoms with Crippen molar-refractivity contribution in [2.45, 2.75) is 51.9 Å². The van der Waals surface area contributed by atoms with Gasteiger partial charge in [-0.25, -0.2) is 8.78 Å². The summed E-state index contributed by atoms with van der Waals surface area (Å²) in [6, 6.07) is 0. The van der Waals surface area contributed by atoms with Gasteiger partial charge in [-0.3, -0.25) is 4.79 Å². The summed E-state index contributed by atoms with van der Waals surface area (Å²) in [5.74, 6) is -3.52. The van der Waals surface area contributed by atoms with Gasteiger partial charge < -0.3 is 4.74 Å². The van der Waals surface area contributed by atoms with Gasteiger partial charge in [0.2, 0.25) is 0 Å². The summed E-state index contributed by atoms with van der Waals surface area (Å²) in [5.41, 5.74) is 0. The Hall–Kier alpha value is -0.670. The van der Waals surface area contributed by atoms with Gasteiger partial charge in [-0.2, -0.15) is 0 Å². The van der Waals surface area contributed by atoms with Crippen molar-refractivity contribution in [2.75, 3.05) is 6.61 Å². The molecule has 0 amide bonds. The van der Waals surface area contributed by atoms with Crippen LogP contribution in [0.3, 0.4) is 0 Å². The van der Waals surface area contributed by atoms with Crippen molar-refractivity contribution in [1.82, 2.24) is 0 Å². The number of hydrogen-bond donors (Lipinski definition) is 0. The van der Waals surface area contributed by atoms with Crippen LogP contribution >= 0.6 is 0 Å². The Morgan fingerprint density at radius 1 is 1.29 bits per heavy atom. The number of alkyl halides is 2. The van der Waals surface area contributed by atoms with Gasteiger partial charge in [-0.05, 0) is 6.42 Å². The molecule has 0 aliphatic heterocycles. The van der Waals surface area contributed by atoms with Crippen LogP contribution < -0.4 is 0 Å². The van der Waals surface area contributed by atoms with E-state index in [1.54, 1.807) is 0 Å². The molecule has 0 aliphatic carbocycles. The monoisotopic (exact) mass is 208 g/mol. The molecule has 84 valence electrons. The number of ether oxygens (including phenoxy) is 1. The summed E-state index contributed by atoms with van der Waals surface area (Å²) in [6.07, 6.45) is 3.10. The van der Waals surface area contributed by atoms with Gasteiger partial charge in [0.1, 0.15) is 0 Å². The fourth-order valence-corrected chi connectivity index (χ4v) is 1.09. The first-order chi connectivity index (χ1) is 6.48. The number of halogens is 2. The summed E-state index contributed by atoms with van der Waals surface area (Å²) < 4.78 is 30.1. The van der Waals surface area contributed by atoms with Crippen molar-refractivity contribution in [2.24, 2.45) is 0 Å². The summed E-state index contributed by atoms with van der Waals surface area (Å²) >= 11 is 0. The van der Waals surface area contributed by atoms with E-state index in [-0.39, 0.29) is 6.42 Å². The van der Waals surface area contributed by atoms with Gasteiger partial charge in [0.25, 0.3) is 5.92 Å². The van der Waals surface area contributed by atoms with Crippen LogP contribution in [0, 0.1) is 0 Å². The number of carbonyl (C=O) groups is 1. The molecule has 0 heterocycles. The van der Waals surface area contributed by atoms with Crippen LogP contribution in [-0.4, -0.2) is 18.5 Å². The van der Waals surface area contributed by atoms with Crippen LogP contribution in [0.25, 0.3) is 0 Å². The van der Waals surface area contributed by atoms with Crippen LogP contribution in [0.5, 0.6) is 0 Å². The lowest BCUT2D eigenvalue weighted by Crippen LogP contribution is -2.24. The van der Waals surface area contributed by atoms with E-state index in [0.29, 0.717) is 6.42 Å². The number of hydrogen-bond acceptors (Lipinski definition) is 2. The molecule has 0 rings (SSSR count). The molecule has 0 aliphatic rings. The molecular formula is C10H18F2O2. The second kappa shape index (κ2) is 6.74. The summed E-state index contributed by atoms with van der Waals surface area (Å²) in [6.45, 7) is 2.37. The van der Waals surface area contributed by atoms with E-state index in [2.05, 4.69) is 4.74 Å². The second-order valence-electron chi connectivity index (χ2n) is 3.45. The molecule has 0 bridgehead atoms. The molecular weight excluding hydrogens is 190 g/mol. The predicted octanol–water partition coefficient (Wildman–Crippen LogP) is 3.16. The highest BCUT2D eigenvalue weighted by Gasteiger charge is 2.29. The molecule has 0 unspecified atom stereocenters. The smallest absolute Gasteiger partial charge is 0.302 e. The fraction of sp³-hybridized carbons (Fsp3) is 0.900. The summed E-state index contributed by atoms with van der Waals surface area (Å²) in [5, 5.41) is 0. The molecule has 14 heavy (non-hydrogen) atoms. The largest absolute Gasteiger partial charge is 0.459 e. The molecule has 0 fully saturated rings. The molecule has 2 nitrogen and oxygen atoms in total.